The Hall–Kier alpha value is -0.710. The molecule has 0 unspecified atom stereocenters. The van der Waals surface area contributed by atoms with Gasteiger partial charge in [-0.1, -0.05) is 39.0 Å². The Kier molecular flexibility index (Phi) is 6.70. The summed E-state index contributed by atoms with van der Waals surface area (Å²) in [5.41, 5.74) is 0. The third-order valence-electron chi connectivity index (χ3n) is 6.36. The molecule has 0 aromatic rings. The number of thioether (sulfide) groups is 1. The van der Waals surface area contributed by atoms with Crippen LogP contribution in [0.25, 0.3) is 0 Å². The molecule has 0 radical (unpaired) electrons. The zero-order valence-corrected chi connectivity index (χ0v) is 16.6. The van der Waals surface area contributed by atoms with Gasteiger partial charge in [-0.15, -0.1) is 11.8 Å². The Labute approximate surface area is 157 Å². The molecule has 0 bridgehead atoms. The van der Waals surface area contributed by atoms with Crippen LogP contribution in [0.2, 0.25) is 0 Å². The summed E-state index contributed by atoms with van der Waals surface area (Å²) < 4.78 is 0. The van der Waals surface area contributed by atoms with Gasteiger partial charge in [-0.25, -0.2) is 0 Å². The van der Waals surface area contributed by atoms with Crippen molar-refractivity contribution in [2.45, 2.75) is 82.4 Å². The van der Waals surface area contributed by atoms with Crippen molar-refractivity contribution >= 4 is 23.6 Å². The van der Waals surface area contributed by atoms with E-state index in [4.69, 9.17) is 0 Å². The van der Waals surface area contributed by atoms with Crippen molar-refractivity contribution in [1.82, 2.24) is 9.80 Å². The second-order valence-corrected chi connectivity index (χ2v) is 9.47. The van der Waals surface area contributed by atoms with Crippen molar-refractivity contribution in [2.24, 2.45) is 5.92 Å². The number of likely N-dealkylation sites (tertiary alicyclic amines) is 1. The molecule has 2 amide bonds. The monoisotopic (exact) mass is 366 g/mol. The first-order chi connectivity index (χ1) is 12.1. The van der Waals surface area contributed by atoms with Crippen molar-refractivity contribution in [3.05, 3.63) is 0 Å². The highest BCUT2D eigenvalue weighted by molar-refractivity contribution is 8.00. The Balaban J connectivity index is 1.50. The predicted molar refractivity (Wildman–Crippen MR) is 103 cm³/mol. The number of carbonyl (C=O) groups is 2. The van der Waals surface area contributed by atoms with Gasteiger partial charge in [-0.05, 0) is 31.6 Å². The zero-order valence-electron chi connectivity index (χ0n) is 15.8. The number of hydrogen-bond donors (Lipinski definition) is 0. The van der Waals surface area contributed by atoms with Gasteiger partial charge in [0.25, 0.3) is 0 Å². The molecule has 5 heteroatoms. The van der Waals surface area contributed by atoms with Gasteiger partial charge < -0.3 is 9.80 Å². The van der Waals surface area contributed by atoms with E-state index in [0.29, 0.717) is 18.2 Å². The fourth-order valence-corrected chi connectivity index (χ4v) is 6.20. The SMILES string of the molecule is CCCCC(=O)N1CCC2(CC1)SCCN2C(=O)CCC1CCCC1. The molecule has 2 heterocycles. The Bertz CT molecular complexity index is 468. The summed E-state index contributed by atoms with van der Waals surface area (Å²) >= 11 is 1.96. The van der Waals surface area contributed by atoms with E-state index in [-0.39, 0.29) is 4.87 Å². The molecular weight excluding hydrogens is 332 g/mol. The molecule has 1 aliphatic carbocycles. The minimum Gasteiger partial charge on any atom is -0.342 e. The molecule has 0 aromatic heterocycles. The number of unbranched alkanes of at least 4 members (excludes halogenated alkanes) is 1. The van der Waals surface area contributed by atoms with Crippen LogP contribution in [0.1, 0.15) is 77.6 Å². The van der Waals surface area contributed by atoms with Crippen molar-refractivity contribution < 1.29 is 9.59 Å². The van der Waals surface area contributed by atoms with Crippen LogP contribution in [-0.4, -0.2) is 51.9 Å². The van der Waals surface area contributed by atoms with Gasteiger partial charge in [0.05, 0.1) is 4.87 Å². The average molecular weight is 367 g/mol. The second kappa shape index (κ2) is 8.79. The van der Waals surface area contributed by atoms with Crippen molar-refractivity contribution in [3.63, 3.8) is 0 Å². The summed E-state index contributed by atoms with van der Waals surface area (Å²) in [5.74, 6) is 2.51. The van der Waals surface area contributed by atoms with Crippen LogP contribution in [0.4, 0.5) is 0 Å². The number of carbonyl (C=O) groups excluding carboxylic acids is 2. The highest BCUT2D eigenvalue weighted by Crippen LogP contribution is 2.44. The van der Waals surface area contributed by atoms with Crippen molar-refractivity contribution in [3.8, 4) is 0 Å². The van der Waals surface area contributed by atoms with E-state index in [0.717, 1.165) is 69.8 Å². The van der Waals surface area contributed by atoms with Gasteiger partial charge in [0, 0.05) is 38.2 Å². The number of amides is 2. The van der Waals surface area contributed by atoms with Crippen LogP contribution >= 0.6 is 11.8 Å². The summed E-state index contributed by atoms with van der Waals surface area (Å²) in [6.07, 6.45) is 11.8. The number of hydrogen-bond acceptors (Lipinski definition) is 3. The average Bonchev–Trinajstić information content (AvgIpc) is 3.28. The maximum atomic E-state index is 12.9. The topological polar surface area (TPSA) is 40.6 Å². The molecule has 2 aliphatic heterocycles. The van der Waals surface area contributed by atoms with E-state index >= 15 is 0 Å². The number of nitrogens with zero attached hydrogens (tertiary/aromatic N) is 2. The van der Waals surface area contributed by atoms with Crippen LogP contribution in [0.5, 0.6) is 0 Å². The Morgan fingerprint density at radius 3 is 2.44 bits per heavy atom. The van der Waals surface area contributed by atoms with E-state index < -0.39 is 0 Å². The van der Waals surface area contributed by atoms with E-state index in [2.05, 4.69) is 11.8 Å². The summed E-state index contributed by atoms with van der Waals surface area (Å²) in [4.78, 5) is 29.3. The smallest absolute Gasteiger partial charge is 0.223 e. The first-order valence-electron chi connectivity index (χ1n) is 10.4. The lowest BCUT2D eigenvalue weighted by molar-refractivity contribution is -0.137. The quantitative estimate of drug-likeness (QED) is 0.712. The third-order valence-corrected chi connectivity index (χ3v) is 7.91. The molecule has 142 valence electrons. The van der Waals surface area contributed by atoms with Gasteiger partial charge in [0.2, 0.25) is 11.8 Å². The van der Waals surface area contributed by atoms with Gasteiger partial charge in [0.1, 0.15) is 0 Å². The number of piperidine rings is 1. The van der Waals surface area contributed by atoms with E-state index in [1.165, 1.54) is 25.7 Å². The molecule has 3 aliphatic rings. The molecule has 1 spiro atoms. The van der Waals surface area contributed by atoms with Crippen LogP contribution in [0.3, 0.4) is 0 Å². The lowest BCUT2D eigenvalue weighted by Gasteiger charge is -2.44. The van der Waals surface area contributed by atoms with Crippen LogP contribution < -0.4 is 0 Å². The van der Waals surface area contributed by atoms with Gasteiger partial charge in [-0.2, -0.15) is 0 Å². The minimum absolute atomic E-state index is 0.0195. The van der Waals surface area contributed by atoms with E-state index in [1.807, 2.05) is 16.7 Å². The van der Waals surface area contributed by atoms with Gasteiger partial charge in [-0.3, -0.25) is 9.59 Å². The first kappa shape index (κ1) is 19.1. The van der Waals surface area contributed by atoms with Gasteiger partial charge in [0.15, 0.2) is 0 Å². The van der Waals surface area contributed by atoms with Crippen LogP contribution in [-0.2, 0) is 9.59 Å². The molecule has 3 fully saturated rings. The maximum Gasteiger partial charge on any atom is 0.223 e. The predicted octanol–water partition coefficient (Wildman–Crippen LogP) is 4.04. The third kappa shape index (κ3) is 4.53. The van der Waals surface area contributed by atoms with Crippen molar-refractivity contribution in [1.29, 1.82) is 0 Å². The molecule has 0 N–H and O–H groups in total. The fourth-order valence-electron chi connectivity index (χ4n) is 4.73. The van der Waals surface area contributed by atoms with Crippen molar-refractivity contribution in [2.75, 3.05) is 25.4 Å². The summed E-state index contributed by atoms with van der Waals surface area (Å²) in [6, 6.07) is 0. The molecule has 2 saturated heterocycles. The van der Waals surface area contributed by atoms with Crippen LogP contribution in [0.15, 0.2) is 0 Å². The molecular formula is C20H34N2O2S. The molecule has 1 saturated carbocycles. The van der Waals surface area contributed by atoms with Gasteiger partial charge >= 0.3 is 0 Å². The van der Waals surface area contributed by atoms with Crippen LogP contribution in [0, 0.1) is 5.92 Å². The number of rotatable bonds is 6. The van der Waals surface area contributed by atoms with E-state index in [1.54, 1.807) is 0 Å². The summed E-state index contributed by atoms with van der Waals surface area (Å²) in [6.45, 7) is 4.67. The minimum atomic E-state index is -0.0195. The molecule has 4 nitrogen and oxygen atoms in total. The maximum absolute atomic E-state index is 12.9. The first-order valence-corrected chi connectivity index (χ1v) is 11.4. The summed E-state index contributed by atoms with van der Waals surface area (Å²) in [7, 11) is 0. The molecule has 3 rings (SSSR count). The lowest BCUT2D eigenvalue weighted by atomic mass is 9.98. The Morgan fingerprint density at radius 2 is 1.76 bits per heavy atom. The van der Waals surface area contributed by atoms with E-state index in [9.17, 15) is 9.59 Å². The second-order valence-electron chi connectivity index (χ2n) is 8.01. The largest absolute Gasteiger partial charge is 0.342 e. The Morgan fingerprint density at radius 1 is 1.04 bits per heavy atom. The normalized spacial score (nSPS) is 23.6. The fraction of sp³-hybridized carbons (Fsp3) is 0.900. The molecule has 0 atom stereocenters. The standard InChI is InChI=1S/C20H34N2O2S/c1-2-3-8-18(23)21-13-11-20(12-14-21)22(15-16-25-20)19(24)10-9-17-6-4-5-7-17/h17H,2-16H2,1H3. The highest BCUT2D eigenvalue weighted by atomic mass is 32.2. The lowest BCUT2D eigenvalue weighted by Crippen LogP contribution is -2.53. The molecule has 0 aromatic carbocycles. The molecule has 25 heavy (non-hydrogen) atoms. The zero-order chi connectivity index (χ0) is 17.7. The summed E-state index contributed by atoms with van der Waals surface area (Å²) in [5, 5.41) is 0. The highest BCUT2D eigenvalue weighted by Gasteiger charge is 2.46.